The van der Waals surface area contributed by atoms with Gasteiger partial charge in [0.2, 0.25) is 5.89 Å². The van der Waals surface area contributed by atoms with Crippen LogP contribution in [0.15, 0.2) is 46.9 Å². The summed E-state index contributed by atoms with van der Waals surface area (Å²) < 4.78 is 5.71. The van der Waals surface area contributed by atoms with E-state index in [0.29, 0.717) is 17.5 Å². The molecule has 20 heavy (non-hydrogen) atoms. The van der Waals surface area contributed by atoms with Crippen molar-refractivity contribution in [1.29, 1.82) is 0 Å². The Kier molecular flexibility index (Phi) is 3.61. The number of rotatable bonds is 4. The second kappa shape index (κ2) is 5.55. The Bertz CT molecular complexity index is 736. The fourth-order valence-corrected chi connectivity index (χ4v) is 2.28. The van der Waals surface area contributed by atoms with Gasteiger partial charge >= 0.3 is 0 Å². The molecule has 0 aliphatic carbocycles. The molecule has 0 saturated heterocycles. The Balaban J connectivity index is 1.77. The maximum Gasteiger partial charge on any atom is 0.214 e. The zero-order chi connectivity index (χ0) is 13.9. The summed E-state index contributed by atoms with van der Waals surface area (Å²) in [7, 11) is 0. The number of nitrogens with zero attached hydrogens (tertiary/aromatic N) is 1. The number of halogens is 1. The average molecular weight is 287 g/mol. The van der Waals surface area contributed by atoms with Crippen molar-refractivity contribution >= 4 is 28.4 Å². The third-order valence-corrected chi connectivity index (χ3v) is 3.41. The number of hydrogen-bond donors (Lipinski definition) is 1. The van der Waals surface area contributed by atoms with E-state index in [1.807, 2.05) is 30.3 Å². The van der Waals surface area contributed by atoms with E-state index in [4.69, 9.17) is 16.0 Å². The van der Waals surface area contributed by atoms with Crippen LogP contribution >= 0.6 is 11.6 Å². The van der Waals surface area contributed by atoms with E-state index in [1.165, 1.54) is 5.56 Å². The summed E-state index contributed by atoms with van der Waals surface area (Å²) >= 11 is 5.95. The molecule has 2 aromatic carbocycles. The third kappa shape index (κ3) is 2.78. The first-order valence-corrected chi connectivity index (χ1v) is 7.00. The quantitative estimate of drug-likeness (QED) is 0.758. The molecule has 0 aliphatic rings. The Morgan fingerprint density at radius 3 is 2.90 bits per heavy atom. The second-order valence-corrected chi connectivity index (χ2v) is 5.06. The predicted octanol–water partition coefficient (Wildman–Crippen LogP) is 4.66. The summed E-state index contributed by atoms with van der Waals surface area (Å²) in [6.07, 6.45) is 0.999. The molecule has 0 aliphatic heterocycles. The summed E-state index contributed by atoms with van der Waals surface area (Å²) in [5.74, 6) is 0.674. The number of oxazole rings is 1. The van der Waals surface area contributed by atoms with Crippen molar-refractivity contribution in [3.05, 3.63) is 58.9 Å². The summed E-state index contributed by atoms with van der Waals surface area (Å²) in [4.78, 5) is 4.50. The maximum atomic E-state index is 5.95. The van der Waals surface area contributed by atoms with Gasteiger partial charge in [0.15, 0.2) is 5.58 Å². The van der Waals surface area contributed by atoms with Crippen LogP contribution in [0.25, 0.3) is 11.1 Å². The molecule has 0 amide bonds. The maximum absolute atomic E-state index is 5.95. The number of fused-ring (bicyclic) bond motifs is 1. The highest BCUT2D eigenvalue weighted by atomic mass is 35.5. The molecule has 0 fully saturated rings. The molecule has 1 aromatic heterocycles. The lowest BCUT2D eigenvalue weighted by molar-refractivity contribution is 0.540. The molecule has 0 atom stereocenters. The summed E-state index contributed by atoms with van der Waals surface area (Å²) in [5.41, 5.74) is 3.95. The van der Waals surface area contributed by atoms with E-state index in [-0.39, 0.29) is 0 Å². The molecule has 4 heteroatoms. The Morgan fingerprint density at radius 1 is 1.20 bits per heavy atom. The number of hydrogen-bond acceptors (Lipinski definition) is 3. The van der Waals surface area contributed by atoms with Gasteiger partial charge in [0.25, 0.3) is 0 Å². The molecule has 3 rings (SSSR count). The first-order valence-electron chi connectivity index (χ1n) is 6.62. The van der Waals surface area contributed by atoms with Crippen molar-refractivity contribution < 1.29 is 4.42 Å². The molecular formula is C16H15ClN2O. The van der Waals surface area contributed by atoms with Gasteiger partial charge < -0.3 is 9.73 Å². The lowest BCUT2D eigenvalue weighted by atomic mass is 10.1. The molecule has 3 nitrogen and oxygen atoms in total. The van der Waals surface area contributed by atoms with Gasteiger partial charge in [0, 0.05) is 10.7 Å². The van der Waals surface area contributed by atoms with Crippen LogP contribution in [0, 0.1) is 0 Å². The molecule has 0 bridgehead atoms. The van der Waals surface area contributed by atoms with Crippen LogP contribution in [-0.2, 0) is 13.0 Å². The molecule has 0 saturated carbocycles. The predicted molar refractivity (Wildman–Crippen MR) is 82.2 cm³/mol. The minimum atomic E-state index is 0.538. The number of aromatic nitrogens is 1. The normalized spacial score (nSPS) is 10.9. The van der Waals surface area contributed by atoms with Gasteiger partial charge in [-0.3, -0.25) is 0 Å². The summed E-state index contributed by atoms with van der Waals surface area (Å²) in [6.45, 7) is 2.67. The lowest BCUT2D eigenvalue weighted by Crippen LogP contribution is -1.99. The van der Waals surface area contributed by atoms with Gasteiger partial charge in [0.05, 0.1) is 6.54 Å². The molecule has 0 unspecified atom stereocenters. The van der Waals surface area contributed by atoms with Crippen molar-refractivity contribution in [3.8, 4) is 0 Å². The average Bonchev–Trinajstić information content (AvgIpc) is 2.87. The zero-order valence-corrected chi connectivity index (χ0v) is 11.9. The van der Waals surface area contributed by atoms with Crippen LogP contribution in [-0.4, -0.2) is 4.98 Å². The van der Waals surface area contributed by atoms with Crippen LogP contribution in [0.4, 0.5) is 5.69 Å². The molecule has 0 radical (unpaired) electrons. The first-order chi connectivity index (χ1) is 9.74. The summed E-state index contributed by atoms with van der Waals surface area (Å²) in [6, 6.07) is 13.7. The smallest absolute Gasteiger partial charge is 0.214 e. The molecule has 102 valence electrons. The number of benzene rings is 2. The Morgan fingerprint density at radius 2 is 2.10 bits per heavy atom. The van der Waals surface area contributed by atoms with E-state index in [0.717, 1.165) is 23.2 Å². The van der Waals surface area contributed by atoms with E-state index < -0.39 is 0 Å². The van der Waals surface area contributed by atoms with E-state index in [2.05, 4.69) is 29.4 Å². The zero-order valence-electron chi connectivity index (χ0n) is 11.2. The van der Waals surface area contributed by atoms with Crippen molar-refractivity contribution in [2.24, 2.45) is 0 Å². The topological polar surface area (TPSA) is 38.1 Å². The van der Waals surface area contributed by atoms with Crippen molar-refractivity contribution in [2.45, 2.75) is 19.9 Å². The van der Waals surface area contributed by atoms with Gasteiger partial charge in [-0.1, -0.05) is 30.7 Å². The Labute approximate surface area is 122 Å². The Hall–Kier alpha value is -2.00. The SMILES string of the molecule is CCc1ccc2oc(CNc3cccc(Cl)c3)nc2c1. The highest BCUT2D eigenvalue weighted by molar-refractivity contribution is 6.30. The molecule has 1 heterocycles. The van der Waals surface area contributed by atoms with Crippen LogP contribution < -0.4 is 5.32 Å². The minimum absolute atomic E-state index is 0.538. The minimum Gasteiger partial charge on any atom is -0.439 e. The molecular weight excluding hydrogens is 272 g/mol. The largest absolute Gasteiger partial charge is 0.439 e. The molecule has 1 N–H and O–H groups in total. The van der Waals surface area contributed by atoms with E-state index >= 15 is 0 Å². The third-order valence-electron chi connectivity index (χ3n) is 3.17. The molecule has 3 aromatic rings. The second-order valence-electron chi connectivity index (χ2n) is 4.63. The lowest BCUT2D eigenvalue weighted by Gasteiger charge is -2.03. The highest BCUT2D eigenvalue weighted by Gasteiger charge is 2.06. The van der Waals surface area contributed by atoms with Crippen LogP contribution in [0.2, 0.25) is 5.02 Å². The van der Waals surface area contributed by atoms with E-state index in [9.17, 15) is 0 Å². The van der Waals surface area contributed by atoms with Crippen molar-refractivity contribution in [3.63, 3.8) is 0 Å². The van der Waals surface area contributed by atoms with Crippen LogP contribution in [0.1, 0.15) is 18.4 Å². The highest BCUT2D eigenvalue weighted by Crippen LogP contribution is 2.19. The van der Waals surface area contributed by atoms with Crippen molar-refractivity contribution in [2.75, 3.05) is 5.32 Å². The summed E-state index contributed by atoms with van der Waals surface area (Å²) in [5, 5.41) is 3.96. The van der Waals surface area contributed by atoms with Crippen molar-refractivity contribution in [1.82, 2.24) is 4.98 Å². The fraction of sp³-hybridized carbons (Fsp3) is 0.188. The van der Waals surface area contributed by atoms with Gasteiger partial charge in [-0.15, -0.1) is 0 Å². The van der Waals surface area contributed by atoms with Gasteiger partial charge in [0.1, 0.15) is 5.52 Å². The number of aryl methyl sites for hydroxylation is 1. The first kappa shape index (κ1) is 13.0. The standard InChI is InChI=1S/C16H15ClN2O/c1-2-11-6-7-15-14(8-11)19-16(20-15)10-18-13-5-3-4-12(17)9-13/h3-9,18H,2,10H2,1H3. The molecule has 0 spiro atoms. The fourth-order valence-electron chi connectivity index (χ4n) is 2.09. The number of anilines is 1. The van der Waals surface area contributed by atoms with Gasteiger partial charge in [-0.05, 0) is 42.3 Å². The van der Waals surface area contributed by atoms with Gasteiger partial charge in [-0.2, -0.15) is 0 Å². The van der Waals surface area contributed by atoms with Crippen LogP contribution in [0.5, 0.6) is 0 Å². The number of nitrogens with one attached hydrogen (secondary N) is 1. The van der Waals surface area contributed by atoms with E-state index in [1.54, 1.807) is 0 Å². The van der Waals surface area contributed by atoms with Gasteiger partial charge in [-0.25, -0.2) is 4.98 Å². The monoisotopic (exact) mass is 286 g/mol. The van der Waals surface area contributed by atoms with Crippen LogP contribution in [0.3, 0.4) is 0 Å².